The first-order valence-corrected chi connectivity index (χ1v) is 10.9. The molecule has 2 heterocycles. The molecule has 1 aromatic heterocycles. The van der Waals surface area contributed by atoms with E-state index in [2.05, 4.69) is 15.2 Å². The number of aromatic nitrogens is 1. The fraction of sp³-hybridized carbons (Fsp3) is 0.476. The van der Waals surface area contributed by atoms with Gasteiger partial charge in [-0.25, -0.2) is 9.37 Å². The number of carbonyl (C=O) groups excluding carboxylic acids is 2. The molecule has 2 aromatic rings. The fourth-order valence-electron chi connectivity index (χ4n) is 3.73. The van der Waals surface area contributed by atoms with Gasteiger partial charge in [-0.1, -0.05) is 12.1 Å². The quantitative estimate of drug-likeness (QED) is 0.786. The van der Waals surface area contributed by atoms with Crippen LogP contribution in [-0.2, 0) is 11.3 Å². The van der Waals surface area contributed by atoms with E-state index in [4.69, 9.17) is 0 Å². The molecule has 6 nitrogen and oxygen atoms in total. The van der Waals surface area contributed by atoms with Gasteiger partial charge in [0.25, 0.3) is 5.91 Å². The van der Waals surface area contributed by atoms with Crippen molar-refractivity contribution in [2.24, 2.45) is 0 Å². The molecule has 0 radical (unpaired) electrons. The van der Waals surface area contributed by atoms with Gasteiger partial charge in [0.05, 0.1) is 11.3 Å². The van der Waals surface area contributed by atoms with Crippen molar-refractivity contribution in [1.29, 1.82) is 0 Å². The Hall–Kier alpha value is -2.32. The molecule has 1 aliphatic heterocycles. The molecule has 1 aromatic carbocycles. The van der Waals surface area contributed by atoms with Crippen LogP contribution in [0.25, 0.3) is 0 Å². The van der Waals surface area contributed by atoms with Gasteiger partial charge in [0.15, 0.2) is 5.13 Å². The number of benzene rings is 1. The van der Waals surface area contributed by atoms with Gasteiger partial charge in [-0.15, -0.1) is 11.3 Å². The van der Waals surface area contributed by atoms with Crippen molar-refractivity contribution in [3.8, 4) is 0 Å². The third-order valence-electron chi connectivity index (χ3n) is 5.42. The van der Waals surface area contributed by atoms with E-state index in [1.54, 1.807) is 19.1 Å². The summed E-state index contributed by atoms with van der Waals surface area (Å²) in [6, 6.07) is 6.42. The van der Waals surface area contributed by atoms with Crippen molar-refractivity contribution < 1.29 is 14.0 Å². The van der Waals surface area contributed by atoms with Crippen LogP contribution in [0.3, 0.4) is 0 Å². The van der Waals surface area contributed by atoms with Crippen LogP contribution in [0.5, 0.6) is 0 Å². The van der Waals surface area contributed by atoms with Crippen LogP contribution in [-0.4, -0.2) is 46.9 Å². The molecule has 0 unspecified atom stereocenters. The van der Waals surface area contributed by atoms with Gasteiger partial charge in [0, 0.05) is 44.0 Å². The second-order valence-electron chi connectivity index (χ2n) is 7.75. The monoisotopic (exact) mass is 416 g/mol. The number of hydrogen-bond donors (Lipinski definition) is 1. The van der Waals surface area contributed by atoms with Crippen LogP contribution >= 0.6 is 11.3 Å². The van der Waals surface area contributed by atoms with Gasteiger partial charge in [0.2, 0.25) is 5.91 Å². The van der Waals surface area contributed by atoms with E-state index >= 15 is 0 Å². The zero-order valence-corrected chi connectivity index (χ0v) is 17.3. The molecule has 2 amide bonds. The van der Waals surface area contributed by atoms with Crippen LogP contribution in [0.4, 0.5) is 9.52 Å². The molecular formula is C21H25FN4O2S. The number of rotatable bonds is 6. The predicted octanol–water partition coefficient (Wildman–Crippen LogP) is 3.19. The first kappa shape index (κ1) is 20.0. The number of anilines is 1. The summed E-state index contributed by atoms with van der Waals surface area (Å²) >= 11 is 1.53. The summed E-state index contributed by atoms with van der Waals surface area (Å²) in [5, 5.41) is 5.77. The zero-order chi connectivity index (χ0) is 20.4. The topological polar surface area (TPSA) is 65.5 Å². The lowest BCUT2D eigenvalue weighted by atomic mass is 10.0. The number of likely N-dealkylation sites (tertiary alicyclic amines) is 1. The number of nitrogens with one attached hydrogen (secondary N) is 1. The van der Waals surface area contributed by atoms with Crippen LogP contribution in [0.15, 0.2) is 29.6 Å². The largest absolute Gasteiger partial charge is 0.349 e. The first-order valence-electron chi connectivity index (χ1n) is 10.0. The Bertz CT molecular complexity index is 890. The Morgan fingerprint density at radius 2 is 1.97 bits per heavy atom. The van der Waals surface area contributed by atoms with Crippen LogP contribution in [0, 0.1) is 5.82 Å². The zero-order valence-electron chi connectivity index (χ0n) is 16.4. The van der Waals surface area contributed by atoms with Crippen LogP contribution in [0.2, 0.25) is 0 Å². The second-order valence-corrected chi connectivity index (χ2v) is 8.58. The molecule has 2 aliphatic rings. The molecule has 0 spiro atoms. The average Bonchev–Trinajstić information content (AvgIpc) is 3.42. The Morgan fingerprint density at radius 1 is 1.24 bits per heavy atom. The standard InChI is InChI=1S/C21H25FN4O2S/c1-14(27)26(17-6-7-17)21-24-16(13-29-21)12-25-10-8-15(9-11-25)23-20(28)18-4-2-3-5-19(18)22/h2-5,13,15,17H,6-12H2,1H3,(H,23,28). The minimum absolute atomic E-state index is 0.0485. The normalized spacial score (nSPS) is 17.9. The molecule has 0 atom stereocenters. The van der Waals surface area contributed by atoms with Crippen molar-refractivity contribution in [3.63, 3.8) is 0 Å². The van der Waals surface area contributed by atoms with Crippen molar-refractivity contribution in [2.45, 2.75) is 51.2 Å². The minimum atomic E-state index is -0.493. The molecule has 0 bridgehead atoms. The molecular weight excluding hydrogens is 391 g/mol. The van der Waals surface area contributed by atoms with Crippen LogP contribution < -0.4 is 10.2 Å². The minimum Gasteiger partial charge on any atom is -0.349 e. The lowest BCUT2D eigenvalue weighted by Gasteiger charge is -2.31. The van der Waals surface area contributed by atoms with Crippen LogP contribution in [0.1, 0.15) is 48.7 Å². The Morgan fingerprint density at radius 3 is 2.62 bits per heavy atom. The summed E-state index contributed by atoms with van der Waals surface area (Å²) in [5.74, 6) is -0.789. The van der Waals surface area contributed by atoms with Gasteiger partial charge >= 0.3 is 0 Å². The number of thiazole rings is 1. The molecule has 8 heteroatoms. The Balaban J connectivity index is 1.28. The van der Waals surface area contributed by atoms with E-state index in [1.807, 2.05) is 10.3 Å². The molecule has 4 rings (SSSR count). The van der Waals surface area contributed by atoms with Gasteiger partial charge in [0.1, 0.15) is 5.82 Å². The summed E-state index contributed by atoms with van der Waals surface area (Å²) in [6.07, 6.45) is 3.75. The molecule has 1 aliphatic carbocycles. The summed E-state index contributed by atoms with van der Waals surface area (Å²) in [6.45, 7) is 4.02. The van der Waals surface area contributed by atoms with Crippen molar-refractivity contribution in [3.05, 3.63) is 46.7 Å². The number of hydrogen-bond acceptors (Lipinski definition) is 5. The van der Waals surface area contributed by atoms with Crippen molar-refractivity contribution in [2.75, 3.05) is 18.0 Å². The maximum absolute atomic E-state index is 13.8. The lowest BCUT2D eigenvalue weighted by molar-refractivity contribution is -0.116. The smallest absolute Gasteiger partial charge is 0.254 e. The number of halogens is 1. The van der Waals surface area contributed by atoms with Gasteiger partial charge < -0.3 is 5.32 Å². The SMILES string of the molecule is CC(=O)N(c1nc(CN2CCC(NC(=O)c3ccccc3F)CC2)cs1)C1CC1. The van der Waals surface area contributed by atoms with E-state index in [-0.39, 0.29) is 23.4 Å². The molecule has 154 valence electrons. The molecule has 1 saturated carbocycles. The maximum atomic E-state index is 13.8. The third-order valence-corrected chi connectivity index (χ3v) is 6.31. The highest BCUT2D eigenvalue weighted by atomic mass is 32.1. The van der Waals surface area contributed by atoms with E-state index in [0.717, 1.165) is 56.1 Å². The summed E-state index contributed by atoms with van der Waals surface area (Å²) in [7, 11) is 0. The Kier molecular flexibility index (Phi) is 5.91. The predicted molar refractivity (Wildman–Crippen MR) is 110 cm³/mol. The lowest BCUT2D eigenvalue weighted by Crippen LogP contribution is -2.44. The second kappa shape index (κ2) is 8.59. The van der Waals surface area contributed by atoms with Gasteiger partial charge in [-0.05, 0) is 37.8 Å². The molecule has 2 fully saturated rings. The maximum Gasteiger partial charge on any atom is 0.254 e. The summed E-state index contributed by atoms with van der Waals surface area (Å²) < 4.78 is 13.8. The summed E-state index contributed by atoms with van der Waals surface area (Å²) in [5.41, 5.74) is 1.07. The van der Waals surface area contributed by atoms with E-state index in [9.17, 15) is 14.0 Å². The van der Waals surface area contributed by atoms with Crippen molar-refractivity contribution in [1.82, 2.24) is 15.2 Å². The molecule has 29 heavy (non-hydrogen) atoms. The first-order chi connectivity index (χ1) is 14.0. The fourth-order valence-corrected chi connectivity index (χ4v) is 4.66. The van der Waals surface area contributed by atoms with Crippen molar-refractivity contribution >= 4 is 28.3 Å². The summed E-state index contributed by atoms with van der Waals surface area (Å²) in [4.78, 5) is 33.0. The number of piperidine rings is 1. The van der Waals surface area contributed by atoms with Gasteiger partial charge in [-0.3, -0.25) is 19.4 Å². The third kappa shape index (κ3) is 4.82. The number of nitrogens with zero attached hydrogens (tertiary/aromatic N) is 3. The molecule has 1 saturated heterocycles. The van der Waals surface area contributed by atoms with E-state index in [1.165, 1.54) is 23.5 Å². The molecule has 1 N–H and O–H groups in total. The Labute approximate surface area is 173 Å². The van der Waals surface area contributed by atoms with Gasteiger partial charge in [-0.2, -0.15) is 0 Å². The average molecular weight is 417 g/mol. The van der Waals surface area contributed by atoms with E-state index in [0.29, 0.717) is 6.04 Å². The number of carbonyl (C=O) groups is 2. The number of amides is 2. The highest BCUT2D eigenvalue weighted by Gasteiger charge is 2.33. The highest BCUT2D eigenvalue weighted by Crippen LogP contribution is 2.33. The van der Waals surface area contributed by atoms with E-state index < -0.39 is 5.82 Å². The highest BCUT2D eigenvalue weighted by molar-refractivity contribution is 7.14.